The van der Waals surface area contributed by atoms with Crippen LogP contribution in [-0.2, 0) is 6.42 Å². The topological polar surface area (TPSA) is 48.4 Å². The number of nitrogens with zero attached hydrogens (tertiary/aromatic N) is 1. The van der Waals surface area contributed by atoms with Gasteiger partial charge < -0.3 is 9.47 Å². The summed E-state index contributed by atoms with van der Waals surface area (Å²) < 4.78 is 11.2. The van der Waals surface area contributed by atoms with E-state index in [0.29, 0.717) is 30.3 Å². The molecule has 0 bridgehead atoms. The Kier molecular flexibility index (Phi) is 5.12. The van der Waals surface area contributed by atoms with Crippen molar-refractivity contribution >= 4 is 6.29 Å². The monoisotopic (exact) mass is 271 g/mol. The number of ether oxygens (including phenoxy) is 2. The predicted octanol–water partition coefficient (Wildman–Crippen LogP) is 2.91. The van der Waals surface area contributed by atoms with Crippen LogP contribution in [0.15, 0.2) is 42.7 Å². The molecule has 1 aromatic heterocycles. The average Bonchev–Trinajstić information content (AvgIpc) is 2.50. The minimum atomic E-state index is 0.529. The molecule has 1 aromatic carbocycles. The van der Waals surface area contributed by atoms with Crippen LogP contribution in [0.4, 0.5) is 0 Å². The van der Waals surface area contributed by atoms with Gasteiger partial charge in [0.05, 0.1) is 13.2 Å². The summed E-state index contributed by atoms with van der Waals surface area (Å²) in [6.45, 7) is 2.96. The fourth-order valence-corrected chi connectivity index (χ4v) is 1.81. The van der Waals surface area contributed by atoms with E-state index < -0.39 is 0 Å². The van der Waals surface area contributed by atoms with Crippen LogP contribution < -0.4 is 9.47 Å². The Morgan fingerprint density at radius 3 is 2.80 bits per heavy atom. The number of hydrogen-bond acceptors (Lipinski definition) is 4. The van der Waals surface area contributed by atoms with Crippen LogP contribution in [0.2, 0.25) is 0 Å². The predicted molar refractivity (Wildman–Crippen MR) is 76.4 cm³/mol. The van der Waals surface area contributed by atoms with Crippen molar-refractivity contribution in [3.05, 3.63) is 53.9 Å². The van der Waals surface area contributed by atoms with Crippen LogP contribution in [0.5, 0.6) is 11.5 Å². The van der Waals surface area contributed by atoms with Gasteiger partial charge in [-0.3, -0.25) is 9.78 Å². The molecule has 4 heteroatoms. The molecule has 0 spiro atoms. The molecule has 104 valence electrons. The van der Waals surface area contributed by atoms with Crippen LogP contribution >= 0.6 is 0 Å². The molecular formula is C16H17NO3. The molecule has 2 rings (SSSR count). The van der Waals surface area contributed by atoms with Crippen molar-refractivity contribution in [2.45, 2.75) is 13.3 Å². The highest BCUT2D eigenvalue weighted by Gasteiger charge is 2.06. The molecule has 0 N–H and O–H groups in total. The van der Waals surface area contributed by atoms with E-state index in [9.17, 15) is 4.79 Å². The highest BCUT2D eigenvalue weighted by Crippen LogP contribution is 2.28. The highest BCUT2D eigenvalue weighted by molar-refractivity contribution is 5.76. The van der Waals surface area contributed by atoms with Crippen molar-refractivity contribution in [2.75, 3.05) is 13.2 Å². The Labute approximate surface area is 118 Å². The fourth-order valence-electron chi connectivity index (χ4n) is 1.81. The van der Waals surface area contributed by atoms with Crippen molar-refractivity contribution in [3.63, 3.8) is 0 Å². The van der Waals surface area contributed by atoms with Crippen LogP contribution in [0.3, 0.4) is 0 Å². The lowest BCUT2D eigenvalue weighted by Gasteiger charge is -2.12. The van der Waals surface area contributed by atoms with E-state index in [1.54, 1.807) is 24.4 Å². The fraction of sp³-hybridized carbons (Fsp3) is 0.250. The Morgan fingerprint density at radius 2 is 2.10 bits per heavy atom. The van der Waals surface area contributed by atoms with Crippen LogP contribution in [0.1, 0.15) is 22.8 Å². The summed E-state index contributed by atoms with van der Waals surface area (Å²) in [5, 5.41) is 0. The third kappa shape index (κ3) is 3.82. The maximum Gasteiger partial charge on any atom is 0.161 e. The number of benzene rings is 1. The van der Waals surface area contributed by atoms with Gasteiger partial charge in [-0.1, -0.05) is 6.07 Å². The van der Waals surface area contributed by atoms with Gasteiger partial charge in [-0.2, -0.15) is 0 Å². The molecule has 0 aliphatic rings. The molecule has 0 saturated carbocycles. The Bertz CT molecular complexity index is 555. The maximum atomic E-state index is 10.8. The van der Waals surface area contributed by atoms with Crippen LogP contribution in [0.25, 0.3) is 0 Å². The van der Waals surface area contributed by atoms with Gasteiger partial charge in [-0.25, -0.2) is 0 Å². The molecule has 2 aromatic rings. The number of carbonyl (C=O) groups is 1. The molecule has 4 nitrogen and oxygen atoms in total. The largest absolute Gasteiger partial charge is 0.490 e. The minimum Gasteiger partial charge on any atom is -0.490 e. The first-order valence-electron chi connectivity index (χ1n) is 6.57. The van der Waals surface area contributed by atoms with Crippen molar-refractivity contribution in [1.82, 2.24) is 4.98 Å². The summed E-state index contributed by atoms with van der Waals surface area (Å²) in [5.74, 6) is 1.25. The first-order valence-corrected chi connectivity index (χ1v) is 6.57. The minimum absolute atomic E-state index is 0.529. The summed E-state index contributed by atoms with van der Waals surface area (Å²) in [4.78, 5) is 14.8. The van der Waals surface area contributed by atoms with Gasteiger partial charge in [0, 0.05) is 24.4 Å². The van der Waals surface area contributed by atoms with E-state index in [0.717, 1.165) is 18.3 Å². The van der Waals surface area contributed by atoms with E-state index in [1.165, 1.54) is 0 Å². The first-order chi connectivity index (χ1) is 9.83. The number of rotatable bonds is 7. The highest BCUT2D eigenvalue weighted by atomic mass is 16.5. The van der Waals surface area contributed by atoms with Crippen molar-refractivity contribution in [3.8, 4) is 11.5 Å². The molecule has 0 fully saturated rings. The van der Waals surface area contributed by atoms with Gasteiger partial charge in [0.2, 0.25) is 0 Å². The Morgan fingerprint density at radius 1 is 1.20 bits per heavy atom. The third-order valence-corrected chi connectivity index (χ3v) is 2.77. The maximum absolute atomic E-state index is 10.8. The molecule has 0 atom stereocenters. The lowest BCUT2D eigenvalue weighted by Crippen LogP contribution is -2.04. The van der Waals surface area contributed by atoms with E-state index >= 15 is 0 Å². The second-order valence-electron chi connectivity index (χ2n) is 4.22. The molecule has 0 saturated heterocycles. The third-order valence-electron chi connectivity index (χ3n) is 2.77. The SMILES string of the molecule is CCOc1cc(C=O)ccc1OCCc1cccnc1. The molecule has 0 unspecified atom stereocenters. The van der Waals surface area contributed by atoms with Crippen LogP contribution in [0, 0.1) is 0 Å². The average molecular weight is 271 g/mol. The molecule has 1 heterocycles. The van der Waals surface area contributed by atoms with Crippen LogP contribution in [-0.4, -0.2) is 24.5 Å². The molecule has 0 radical (unpaired) electrons. The summed E-state index contributed by atoms with van der Waals surface area (Å²) in [6.07, 6.45) is 5.13. The summed E-state index contributed by atoms with van der Waals surface area (Å²) >= 11 is 0. The molecule has 0 amide bonds. The molecule has 0 aliphatic heterocycles. The van der Waals surface area contributed by atoms with E-state index in [2.05, 4.69) is 4.98 Å². The van der Waals surface area contributed by atoms with Gasteiger partial charge in [0.1, 0.15) is 6.29 Å². The number of carbonyl (C=O) groups excluding carboxylic acids is 1. The smallest absolute Gasteiger partial charge is 0.161 e. The molecule has 0 aliphatic carbocycles. The second-order valence-corrected chi connectivity index (χ2v) is 4.22. The van der Waals surface area contributed by atoms with Crippen molar-refractivity contribution in [2.24, 2.45) is 0 Å². The van der Waals surface area contributed by atoms with Gasteiger partial charge in [0.15, 0.2) is 11.5 Å². The zero-order valence-corrected chi connectivity index (χ0v) is 11.4. The number of hydrogen-bond donors (Lipinski definition) is 0. The quantitative estimate of drug-likeness (QED) is 0.726. The zero-order chi connectivity index (χ0) is 14.2. The normalized spacial score (nSPS) is 10.1. The lowest BCUT2D eigenvalue weighted by molar-refractivity contribution is 0.112. The summed E-state index contributed by atoms with van der Waals surface area (Å²) in [7, 11) is 0. The van der Waals surface area contributed by atoms with Gasteiger partial charge >= 0.3 is 0 Å². The number of aldehydes is 1. The van der Waals surface area contributed by atoms with Crippen molar-refractivity contribution in [1.29, 1.82) is 0 Å². The Balaban J connectivity index is 1.99. The number of aromatic nitrogens is 1. The van der Waals surface area contributed by atoms with E-state index in [1.807, 2.05) is 25.3 Å². The zero-order valence-electron chi connectivity index (χ0n) is 11.4. The Hall–Kier alpha value is -2.36. The molecular weight excluding hydrogens is 254 g/mol. The second kappa shape index (κ2) is 7.28. The van der Waals surface area contributed by atoms with Gasteiger partial charge in [0.25, 0.3) is 0 Å². The van der Waals surface area contributed by atoms with E-state index in [4.69, 9.17) is 9.47 Å². The first kappa shape index (κ1) is 14.1. The van der Waals surface area contributed by atoms with E-state index in [-0.39, 0.29) is 0 Å². The van der Waals surface area contributed by atoms with Gasteiger partial charge in [-0.05, 0) is 36.8 Å². The van der Waals surface area contributed by atoms with Crippen molar-refractivity contribution < 1.29 is 14.3 Å². The standard InChI is InChI=1S/C16H17NO3/c1-2-19-16-10-14(12-18)5-6-15(16)20-9-7-13-4-3-8-17-11-13/h3-6,8,10-12H,2,7,9H2,1H3. The summed E-state index contributed by atoms with van der Waals surface area (Å²) in [6, 6.07) is 9.08. The molecule has 20 heavy (non-hydrogen) atoms. The number of pyridine rings is 1. The van der Waals surface area contributed by atoms with Gasteiger partial charge in [-0.15, -0.1) is 0 Å². The lowest BCUT2D eigenvalue weighted by atomic mass is 10.2. The summed E-state index contributed by atoms with van der Waals surface area (Å²) in [5.41, 5.74) is 1.70.